The smallest absolute Gasteiger partial charge is 0.108 e. The summed E-state index contributed by atoms with van der Waals surface area (Å²) in [5, 5.41) is 0. The van der Waals surface area contributed by atoms with E-state index in [4.69, 9.17) is 4.74 Å². The number of hydrogen-bond donors (Lipinski definition) is 0. The third-order valence-corrected chi connectivity index (χ3v) is 3.84. The fraction of sp³-hybridized carbons (Fsp3) is 0.800. The molecule has 2 heteroatoms. The lowest BCUT2D eigenvalue weighted by Gasteiger charge is -2.34. The molecule has 0 bridgehead atoms. The third-order valence-electron chi connectivity index (χ3n) is 2.35. The Bertz CT molecular complexity index is 177. The fourth-order valence-electron chi connectivity index (χ4n) is 1.38. The maximum absolute atomic E-state index is 5.67. The first-order valence-corrected chi connectivity index (χ1v) is 5.69. The second-order valence-electron chi connectivity index (χ2n) is 3.26. The van der Waals surface area contributed by atoms with Crippen LogP contribution in [0.25, 0.3) is 0 Å². The Morgan fingerprint density at radius 3 is 2.92 bits per heavy atom. The molecule has 1 fully saturated rings. The second-order valence-corrected chi connectivity index (χ2v) is 4.86. The van der Waals surface area contributed by atoms with Crippen molar-refractivity contribution in [1.29, 1.82) is 0 Å². The molecule has 1 aliphatic heterocycles. The minimum absolute atomic E-state index is 0.244. The predicted octanol–water partition coefficient (Wildman–Crippen LogP) is 3.21. The van der Waals surface area contributed by atoms with Crippen LogP contribution in [0.5, 0.6) is 0 Å². The van der Waals surface area contributed by atoms with Gasteiger partial charge < -0.3 is 4.74 Å². The van der Waals surface area contributed by atoms with Crippen LogP contribution in [-0.4, -0.2) is 17.1 Å². The summed E-state index contributed by atoms with van der Waals surface area (Å²) in [5.74, 6) is 2.33. The quantitative estimate of drug-likeness (QED) is 0.655. The van der Waals surface area contributed by atoms with Gasteiger partial charge in [0, 0.05) is 5.75 Å². The molecule has 0 radical (unpaired) electrons. The maximum atomic E-state index is 5.67. The van der Waals surface area contributed by atoms with Crippen molar-refractivity contribution in [3.8, 4) is 0 Å². The molecule has 1 rings (SSSR count). The SMILES string of the molecule is CC/C=C1\OCCSC1(C)CC. The van der Waals surface area contributed by atoms with Crippen molar-refractivity contribution in [3.05, 3.63) is 11.8 Å². The highest BCUT2D eigenvalue weighted by Crippen LogP contribution is 2.39. The summed E-state index contributed by atoms with van der Waals surface area (Å²) in [5.41, 5.74) is 0. The minimum atomic E-state index is 0.244. The van der Waals surface area contributed by atoms with Crippen LogP contribution in [0.15, 0.2) is 11.8 Å². The van der Waals surface area contributed by atoms with Crippen LogP contribution < -0.4 is 0 Å². The molecule has 70 valence electrons. The van der Waals surface area contributed by atoms with E-state index in [1.54, 1.807) is 0 Å². The van der Waals surface area contributed by atoms with E-state index >= 15 is 0 Å². The number of ether oxygens (including phenoxy) is 1. The monoisotopic (exact) mass is 186 g/mol. The minimum Gasteiger partial charge on any atom is -0.496 e. The largest absolute Gasteiger partial charge is 0.496 e. The van der Waals surface area contributed by atoms with Crippen LogP contribution in [0.3, 0.4) is 0 Å². The zero-order valence-corrected chi connectivity index (χ0v) is 9.04. The molecule has 0 saturated carbocycles. The molecule has 1 nitrogen and oxygen atoms in total. The van der Waals surface area contributed by atoms with Crippen molar-refractivity contribution in [1.82, 2.24) is 0 Å². The summed E-state index contributed by atoms with van der Waals surface area (Å²) in [6.07, 6.45) is 4.45. The van der Waals surface area contributed by atoms with E-state index in [1.165, 1.54) is 5.76 Å². The molecule has 1 aliphatic rings. The zero-order chi connectivity index (χ0) is 9.03. The lowest BCUT2D eigenvalue weighted by Crippen LogP contribution is -2.30. The topological polar surface area (TPSA) is 9.23 Å². The Morgan fingerprint density at radius 1 is 1.58 bits per heavy atom. The lowest BCUT2D eigenvalue weighted by molar-refractivity contribution is 0.194. The average Bonchev–Trinajstić information content (AvgIpc) is 2.10. The molecule has 0 aromatic carbocycles. The first kappa shape index (κ1) is 9.97. The molecule has 1 saturated heterocycles. The van der Waals surface area contributed by atoms with Gasteiger partial charge in [0.2, 0.25) is 0 Å². The van der Waals surface area contributed by atoms with Gasteiger partial charge in [-0.1, -0.05) is 13.8 Å². The number of hydrogen-bond acceptors (Lipinski definition) is 2. The Balaban J connectivity index is 2.73. The Kier molecular flexibility index (Phi) is 3.51. The van der Waals surface area contributed by atoms with Gasteiger partial charge in [-0.05, 0) is 25.8 Å². The Morgan fingerprint density at radius 2 is 2.33 bits per heavy atom. The Hall–Kier alpha value is -0.110. The molecule has 1 heterocycles. The van der Waals surface area contributed by atoms with Crippen LogP contribution in [0.4, 0.5) is 0 Å². The van der Waals surface area contributed by atoms with Crippen molar-refractivity contribution in [2.24, 2.45) is 0 Å². The summed E-state index contributed by atoms with van der Waals surface area (Å²) in [4.78, 5) is 0. The van der Waals surface area contributed by atoms with Crippen molar-refractivity contribution in [2.45, 2.75) is 38.4 Å². The Labute approximate surface area is 79.6 Å². The number of rotatable bonds is 2. The summed E-state index contributed by atoms with van der Waals surface area (Å²) in [7, 11) is 0. The van der Waals surface area contributed by atoms with Gasteiger partial charge in [-0.25, -0.2) is 0 Å². The van der Waals surface area contributed by atoms with E-state index in [-0.39, 0.29) is 4.75 Å². The first-order chi connectivity index (χ1) is 5.73. The van der Waals surface area contributed by atoms with Gasteiger partial charge in [0.05, 0.1) is 11.4 Å². The molecule has 0 aliphatic carbocycles. The molecular formula is C10H18OS. The fourth-order valence-corrected chi connectivity index (χ4v) is 2.48. The highest BCUT2D eigenvalue weighted by atomic mass is 32.2. The molecule has 1 atom stereocenters. The highest BCUT2D eigenvalue weighted by molar-refractivity contribution is 8.00. The van der Waals surface area contributed by atoms with Gasteiger partial charge in [-0.3, -0.25) is 0 Å². The van der Waals surface area contributed by atoms with E-state index < -0.39 is 0 Å². The van der Waals surface area contributed by atoms with Gasteiger partial charge in [-0.2, -0.15) is 0 Å². The standard InChI is InChI=1S/C10H18OS/c1-4-6-9-10(3,5-2)12-8-7-11-9/h6H,4-5,7-8H2,1-3H3/b9-6-. The highest BCUT2D eigenvalue weighted by Gasteiger charge is 2.31. The number of thioether (sulfide) groups is 1. The van der Waals surface area contributed by atoms with Crippen molar-refractivity contribution in [3.63, 3.8) is 0 Å². The molecule has 0 spiro atoms. The van der Waals surface area contributed by atoms with Crippen molar-refractivity contribution >= 4 is 11.8 Å². The maximum Gasteiger partial charge on any atom is 0.108 e. The molecule has 1 unspecified atom stereocenters. The molecule has 0 amide bonds. The summed E-state index contributed by atoms with van der Waals surface area (Å²) in [6, 6.07) is 0. The average molecular weight is 186 g/mol. The van der Waals surface area contributed by atoms with Crippen LogP contribution >= 0.6 is 11.8 Å². The summed E-state index contributed by atoms with van der Waals surface area (Å²) in [6.45, 7) is 7.54. The van der Waals surface area contributed by atoms with Gasteiger partial charge in [-0.15, -0.1) is 11.8 Å². The van der Waals surface area contributed by atoms with E-state index in [0.29, 0.717) is 0 Å². The van der Waals surface area contributed by atoms with E-state index in [9.17, 15) is 0 Å². The normalized spacial score (nSPS) is 33.4. The van der Waals surface area contributed by atoms with E-state index in [0.717, 1.165) is 25.2 Å². The number of allylic oxidation sites excluding steroid dienone is 1. The first-order valence-electron chi connectivity index (χ1n) is 4.70. The molecule has 0 N–H and O–H groups in total. The molecule has 0 aromatic heterocycles. The summed E-state index contributed by atoms with van der Waals surface area (Å²) >= 11 is 2.02. The predicted molar refractivity (Wildman–Crippen MR) is 55.5 cm³/mol. The van der Waals surface area contributed by atoms with Crippen LogP contribution in [-0.2, 0) is 4.74 Å². The van der Waals surface area contributed by atoms with Crippen LogP contribution in [0.2, 0.25) is 0 Å². The van der Waals surface area contributed by atoms with Gasteiger partial charge in [0.15, 0.2) is 0 Å². The van der Waals surface area contributed by atoms with E-state index in [2.05, 4.69) is 26.8 Å². The van der Waals surface area contributed by atoms with Crippen molar-refractivity contribution in [2.75, 3.05) is 12.4 Å². The van der Waals surface area contributed by atoms with Crippen LogP contribution in [0.1, 0.15) is 33.6 Å². The third kappa shape index (κ3) is 1.98. The van der Waals surface area contributed by atoms with Crippen molar-refractivity contribution < 1.29 is 4.74 Å². The van der Waals surface area contributed by atoms with Gasteiger partial charge in [0.25, 0.3) is 0 Å². The molecule has 12 heavy (non-hydrogen) atoms. The van der Waals surface area contributed by atoms with E-state index in [1.807, 2.05) is 11.8 Å². The molecule has 0 aromatic rings. The summed E-state index contributed by atoms with van der Waals surface area (Å²) < 4.78 is 5.91. The second kappa shape index (κ2) is 4.22. The zero-order valence-electron chi connectivity index (χ0n) is 8.22. The molecular weight excluding hydrogens is 168 g/mol. The lowest BCUT2D eigenvalue weighted by atomic mass is 10.0. The van der Waals surface area contributed by atoms with Gasteiger partial charge in [0.1, 0.15) is 5.76 Å². The van der Waals surface area contributed by atoms with Crippen LogP contribution in [0, 0.1) is 0 Å². The van der Waals surface area contributed by atoms with Gasteiger partial charge >= 0.3 is 0 Å².